The number of hydrogen-bond donors (Lipinski definition) is 0. The van der Waals surface area contributed by atoms with Crippen molar-refractivity contribution in [2.24, 2.45) is 0 Å². The summed E-state index contributed by atoms with van der Waals surface area (Å²) in [5.41, 5.74) is -0.305. The Balaban J connectivity index is 3.39. The summed E-state index contributed by atoms with van der Waals surface area (Å²) in [5, 5.41) is 11.1. The van der Waals surface area contributed by atoms with Crippen molar-refractivity contribution in [1.82, 2.24) is 9.97 Å². The summed E-state index contributed by atoms with van der Waals surface area (Å²) >= 11 is 5.77. The lowest BCUT2D eigenvalue weighted by Gasteiger charge is -2.33. The smallest absolute Gasteiger partial charge is 0.329 e. The summed E-state index contributed by atoms with van der Waals surface area (Å²) in [5.74, 6) is -0.442. The molecule has 0 aliphatic carbocycles. The predicted molar refractivity (Wildman–Crippen MR) is 82.0 cm³/mol. The zero-order chi connectivity index (χ0) is 16.9. The van der Waals surface area contributed by atoms with Gasteiger partial charge in [-0.25, -0.2) is 9.78 Å². The number of rotatable bonds is 7. The third-order valence-electron chi connectivity index (χ3n) is 3.00. The fraction of sp³-hybridized carbons (Fsp3) is 0.615. The van der Waals surface area contributed by atoms with Gasteiger partial charge in [-0.05, 0) is 38.8 Å². The summed E-state index contributed by atoms with van der Waals surface area (Å²) in [6.45, 7) is 7.34. The highest BCUT2D eigenvalue weighted by atomic mass is 35.5. The first-order chi connectivity index (χ1) is 10.3. The Labute approximate surface area is 133 Å². The molecule has 1 atom stereocenters. The van der Waals surface area contributed by atoms with E-state index in [4.69, 9.17) is 16.3 Å². The molecule has 0 unspecified atom stereocenters. The summed E-state index contributed by atoms with van der Waals surface area (Å²) in [6, 6.07) is -0.913. The van der Waals surface area contributed by atoms with E-state index >= 15 is 0 Å². The van der Waals surface area contributed by atoms with Crippen molar-refractivity contribution in [3.05, 3.63) is 21.6 Å². The molecule has 0 saturated carbocycles. The fourth-order valence-corrected chi connectivity index (χ4v) is 2.26. The molecular formula is C13H19ClN4O4. The molecule has 1 heterocycles. The van der Waals surface area contributed by atoms with Crippen LogP contribution in [0.5, 0.6) is 0 Å². The van der Waals surface area contributed by atoms with Gasteiger partial charge in [-0.1, -0.05) is 6.92 Å². The number of hydrogen-bond acceptors (Lipinski definition) is 7. The Morgan fingerprint density at radius 1 is 1.50 bits per heavy atom. The quantitative estimate of drug-likeness (QED) is 0.328. The monoisotopic (exact) mass is 330 g/mol. The van der Waals surface area contributed by atoms with Gasteiger partial charge in [-0.2, -0.15) is 4.98 Å². The lowest BCUT2D eigenvalue weighted by molar-refractivity contribution is -0.384. The summed E-state index contributed by atoms with van der Waals surface area (Å²) < 4.78 is 5.05. The standard InChI is InChI=1S/C13H19ClN4O4/c1-5-9(12(19)22-6-2)17(8(3)4)11-10(18(20)21)7-15-13(14)16-11/h7-9H,5-6H2,1-4H3/t9-/m1/s1. The van der Waals surface area contributed by atoms with Crippen LogP contribution in [0, 0.1) is 10.1 Å². The molecule has 122 valence electrons. The molecule has 1 rings (SSSR count). The molecule has 0 aromatic carbocycles. The first-order valence-corrected chi connectivity index (χ1v) is 7.33. The maximum absolute atomic E-state index is 12.1. The van der Waals surface area contributed by atoms with Gasteiger partial charge in [0.15, 0.2) is 0 Å². The lowest BCUT2D eigenvalue weighted by atomic mass is 10.1. The molecule has 0 radical (unpaired) electrons. The van der Waals surface area contributed by atoms with Crippen molar-refractivity contribution in [1.29, 1.82) is 0 Å². The summed E-state index contributed by atoms with van der Waals surface area (Å²) in [4.78, 5) is 31.9. The van der Waals surface area contributed by atoms with Crippen molar-refractivity contribution >= 4 is 29.1 Å². The number of halogens is 1. The van der Waals surface area contributed by atoms with Crippen LogP contribution in [0.25, 0.3) is 0 Å². The second-order valence-corrected chi connectivity index (χ2v) is 5.12. The number of ether oxygens (including phenoxy) is 1. The Hall–Kier alpha value is -1.96. The highest BCUT2D eigenvalue weighted by molar-refractivity contribution is 6.28. The number of aromatic nitrogens is 2. The van der Waals surface area contributed by atoms with Crippen molar-refractivity contribution in [2.75, 3.05) is 11.5 Å². The minimum absolute atomic E-state index is 0.0138. The molecule has 8 nitrogen and oxygen atoms in total. The zero-order valence-electron chi connectivity index (χ0n) is 12.9. The minimum Gasteiger partial charge on any atom is -0.464 e. The second-order valence-electron chi connectivity index (χ2n) is 4.78. The summed E-state index contributed by atoms with van der Waals surface area (Å²) in [6.07, 6.45) is 1.45. The van der Waals surface area contributed by atoms with Gasteiger partial charge in [0.05, 0.1) is 11.5 Å². The summed E-state index contributed by atoms with van der Waals surface area (Å²) in [7, 11) is 0. The molecule has 9 heteroatoms. The van der Waals surface area contributed by atoms with Crippen LogP contribution in [0.4, 0.5) is 11.5 Å². The topological polar surface area (TPSA) is 98.5 Å². The number of anilines is 1. The van der Waals surface area contributed by atoms with Gasteiger partial charge in [0.1, 0.15) is 12.2 Å². The molecule has 0 bridgehead atoms. The van der Waals surface area contributed by atoms with Gasteiger partial charge in [-0.15, -0.1) is 0 Å². The van der Waals surface area contributed by atoms with Crippen LogP contribution in [0.2, 0.25) is 5.28 Å². The van der Waals surface area contributed by atoms with E-state index in [9.17, 15) is 14.9 Å². The highest BCUT2D eigenvalue weighted by Gasteiger charge is 2.34. The van der Waals surface area contributed by atoms with Crippen LogP contribution < -0.4 is 4.90 Å². The molecule has 0 aliphatic heterocycles. The van der Waals surface area contributed by atoms with Gasteiger partial charge < -0.3 is 9.64 Å². The maximum atomic E-state index is 12.1. The first-order valence-electron chi connectivity index (χ1n) is 6.95. The minimum atomic E-state index is -0.690. The fourth-order valence-electron chi connectivity index (χ4n) is 2.13. The SMILES string of the molecule is CCOC(=O)[C@@H](CC)N(c1nc(Cl)ncc1[N+](=O)[O-])C(C)C. The first kappa shape index (κ1) is 18.1. The Morgan fingerprint density at radius 3 is 2.59 bits per heavy atom. The van der Waals surface area contributed by atoms with Crippen LogP contribution in [0.1, 0.15) is 34.1 Å². The Bertz CT molecular complexity index is 553. The van der Waals surface area contributed by atoms with Gasteiger partial charge in [-0.3, -0.25) is 10.1 Å². The largest absolute Gasteiger partial charge is 0.464 e. The van der Waals surface area contributed by atoms with E-state index in [1.54, 1.807) is 18.7 Å². The number of nitrogens with zero attached hydrogens (tertiary/aromatic N) is 4. The van der Waals surface area contributed by atoms with E-state index in [1.165, 1.54) is 0 Å². The van der Waals surface area contributed by atoms with Crippen LogP contribution in [0.3, 0.4) is 0 Å². The molecule has 0 saturated heterocycles. The Kier molecular flexibility index (Phi) is 6.48. The average Bonchev–Trinajstić information content (AvgIpc) is 2.43. The van der Waals surface area contributed by atoms with Crippen LogP contribution in [-0.4, -0.2) is 39.6 Å². The molecule has 0 N–H and O–H groups in total. The molecular weight excluding hydrogens is 312 g/mol. The van der Waals surface area contributed by atoms with Crippen molar-refractivity contribution in [2.45, 2.75) is 46.2 Å². The maximum Gasteiger partial charge on any atom is 0.329 e. The molecule has 0 spiro atoms. The highest BCUT2D eigenvalue weighted by Crippen LogP contribution is 2.30. The van der Waals surface area contributed by atoms with Crippen LogP contribution in [-0.2, 0) is 9.53 Å². The third kappa shape index (κ3) is 4.03. The van der Waals surface area contributed by atoms with Gasteiger partial charge >= 0.3 is 11.7 Å². The predicted octanol–water partition coefficient (Wildman–Crippen LogP) is 2.59. The third-order valence-corrected chi connectivity index (χ3v) is 3.18. The zero-order valence-corrected chi connectivity index (χ0v) is 13.7. The number of carbonyl (C=O) groups is 1. The number of esters is 1. The van der Waals surface area contributed by atoms with Gasteiger partial charge in [0, 0.05) is 6.04 Å². The van der Waals surface area contributed by atoms with Gasteiger partial charge in [0.25, 0.3) is 0 Å². The lowest BCUT2D eigenvalue weighted by Crippen LogP contribution is -2.46. The molecule has 22 heavy (non-hydrogen) atoms. The van der Waals surface area contributed by atoms with E-state index in [0.717, 1.165) is 6.20 Å². The van der Waals surface area contributed by atoms with Crippen molar-refractivity contribution in [3.8, 4) is 0 Å². The van der Waals surface area contributed by atoms with E-state index < -0.39 is 16.9 Å². The average molecular weight is 331 g/mol. The Morgan fingerprint density at radius 2 is 2.14 bits per heavy atom. The van der Waals surface area contributed by atoms with E-state index in [1.807, 2.05) is 13.8 Å². The molecule has 1 aromatic rings. The number of carbonyl (C=O) groups excluding carboxylic acids is 1. The second kappa shape index (κ2) is 7.88. The normalized spacial score (nSPS) is 12.1. The van der Waals surface area contributed by atoms with Crippen LogP contribution >= 0.6 is 11.6 Å². The van der Waals surface area contributed by atoms with Gasteiger partial charge in [0.2, 0.25) is 11.1 Å². The van der Waals surface area contributed by atoms with Crippen molar-refractivity contribution in [3.63, 3.8) is 0 Å². The van der Waals surface area contributed by atoms with Crippen molar-refractivity contribution < 1.29 is 14.5 Å². The van der Waals surface area contributed by atoms with Crippen LogP contribution in [0.15, 0.2) is 6.20 Å². The molecule has 0 aliphatic rings. The molecule has 1 aromatic heterocycles. The van der Waals surface area contributed by atoms with E-state index in [0.29, 0.717) is 6.42 Å². The number of nitro groups is 1. The van der Waals surface area contributed by atoms with E-state index in [2.05, 4.69) is 9.97 Å². The van der Waals surface area contributed by atoms with E-state index in [-0.39, 0.29) is 29.4 Å². The molecule has 0 fully saturated rings. The molecule has 0 amide bonds.